The lowest BCUT2D eigenvalue weighted by molar-refractivity contribution is 0.0656. The second-order valence-corrected chi connectivity index (χ2v) is 4.81. The van der Waals surface area contributed by atoms with Crippen molar-refractivity contribution in [1.82, 2.24) is 20.2 Å². The molecular formula is C14H17ClN4O. The molecule has 106 valence electrons. The van der Waals surface area contributed by atoms with Gasteiger partial charge in [0.1, 0.15) is 0 Å². The molecule has 0 radical (unpaired) electrons. The van der Waals surface area contributed by atoms with E-state index in [4.69, 9.17) is 0 Å². The van der Waals surface area contributed by atoms with Crippen molar-refractivity contribution in [3.8, 4) is 0 Å². The standard InChI is InChI=1S/C14H16N4O.ClH/c1-10-9-15-6-7-18(10)14(19)11-2-3-12-13(8-11)17-5-4-16-12;/h2-5,8,10,15H,6-7,9H2,1H3;1H/t10-;/m1./s1. The summed E-state index contributed by atoms with van der Waals surface area (Å²) in [6, 6.07) is 5.72. The first-order chi connectivity index (χ1) is 9.25. The van der Waals surface area contributed by atoms with Crippen LogP contribution in [0, 0.1) is 0 Å². The van der Waals surface area contributed by atoms with Gasteiger partial charge < -0.3 is 10.2 Å². The second kappa shape index (κ2) is 6.15. The molecule has 0 saturated carbocycles. The number of rotatable bonds is 1. The lowest BCUT2D eigenvalue weighted by Gasteiger charge is -2.34. The fraction of sp³-hybridized carbons (Fsp3) is 0.357. The minimum Gasteiger partial charge on any atom is -0.333 e. The highest BCUT2D eigenvalue weighted by molar-refractivity contribution is 5.97. The molecule has 1 saturated heterocycles. The van der Waals surface area contributed by atoms with E-state index in [0.29, 0.717) is 5.56 Å². The van der Waals surface area contributed by atoms with Crippen molar-refractivity contribution >= 4 is 29.3 Å². The van der Waals surface area contributed by atoms with Crippen molar-refractivity contribution in [2.75, 3.05) is 19.6 Å². The van der Waals surface area contributed by atoms with Crippen molar-refractivity contribution < 1.29 is 4.79 Å². The molecule has 1 aromatic heterocycles. The van der Waals surface area contributed by atoms with Crippen LogP contribution >= 0.6 is 12.4 Å². The van der Waals surface area contributed by atoms with E-state index in [1.807, 2.05) is 23.1 Å². The van der Waals surface area contributed by atoms with Gasteiger partial charge in [0.05, 0.1) is 11.0 Å². The maximum absolute atomic E-state index is 12.5. The molecule has 1 atom stereocenters. The SMILES string of the molecule is C[C@@H]1CNCCN1C(=O)c1ccc2nccnc2c1.Cl. The highest BCUT2D eigenvalue weighted by Gasteiger charge is 2.24. The zero-order valence-electron chi connectivity index (χ0n) is 11.2. The first kappa shape index (κ1) is 14.7. The smallest absolute Gasteiger partial charge is 0.254 e. The van der Waals surface area contributed by atoms with Gasteiger partial charge >= 0.3 is 0 Å². The molecule has 5 nitrogen and oxygen atoms in total. The van der Waals surface area contributed by atoms with Crippen molar-refractivity contribution in [2.45, 2.75) is 13.0 Å². The fourth-order valence-electron chi connectivity index (χ4n) is 2.40. The van der Waals surface area contributed by atoms with Crippen molar-refractivity contribution in [3.63, 3.8) is 0 Å². The number of amides is 1. The highest BCUT2D eigenvalue weighted by Crippen LogP contribution is 2.15. The van der Waals surface area contributed by atoms with E-state index < -0.39 is 0 Å². The summed E-state index contributed by atoms with van der Waals surface area (Å²) in [5.74, 6) is 0.0709. The van der Waals surface area contributed by atoms with Crippen LogP contribution in [0.5, 0.6) is 0 Å². The Bertz CT molecular complexity index is 619. The Hall–Kier alpha value is -1.72. The molecule has 3 rings (SSSR count). The number of benzene rings is 1. The second-order valence-electron chi connectivity index (χ2n) is 4.81. The van der Waals surface area contributed by atoms with Gasteiger partial charge in [-0.25, -0.2) is 0 Å². The molecule has 0 spiro atoms. The summed E-state index contributed by atoms with van der Waals surface area (Å²) in [5.41, 5.74) is 2.25. The number of nitrogens with zero attached hydrogens (tertiary/aromatic N) is 3. The van der Waals surface area contributed by atoms with Crippen LogP contribution in [0.3, 0.4) is 0 Å². The Kier molecular flexibility index (Phi) is 4.52. The van der Waals surface area contributed by atoms with Crippen molar-refractivity contribution in [1.29, 1.82) is 0 Å². The Labute approximate surface area is 123 Å². The summed E-state index contributed by atoms with van der Waals surface area (Å²) in [7, 11) is 0. The average Bonchev–Trinajstić information content (AvgIpc) is 2.46. The Morgan fingerprint density at radius 1 is 1.30 bits per heavy atom. The predicted molar refractivity (Wildman–Crippen MR) is 80.2 cm³/mol. The minimum atomic E-state index is 0. The van der Waals surface area contributed by atoms with Crippen LogP contribution in [0.4, 0.5) is 0 Å². The first-order valence-electron chi connectivity index (χ1n) is 6.48. The molecule has 0 unspecified atom stereocenters. The lowest BCUT2D eigenvalue weighted by atomic mass is 10.1. The fourth-order valence-corrected chi connectivity index (χ4v) is 2.40. The molecule has 6 heteroatoms. The predicted octanol–water partition coefficient (Wildman–Crippen LogP) is 1.49. The van der Waals surface area contributed by atoms with Crippen LogP contribution in [-0.4, -0.2) is 46.5 Å². The van der Waals surface area contributed by atoms with Crippen molar-refractivity contribution in [3.05, 3.63) is 36.2 Å². The zero-order chi connectivity index (χ0) is 13.2. The average molecular weight is 293 g/mol. The van der Waals surface area contributed by atoms with Gasteiger partial charge in [0, 0.05) is 43.6 Å². The third kappa shape index (κ3) is 2.73. The van der Waals surface area contributed by atoms with Crippen LogP contribution in [0.1, 0.15) is 17.3 Å². The molecule has 2 aromatic rings. The summed E-state index contributed by atoms with van der Waals surface area (Å²) in [5, 5.41) is 3.28. The quantitative estimate of drug-likeness (QED) is 0.865. The molecule has 20 heavy (non-hydrogen) atoms. The van der Waals surface area contributed by atoms with Gasteiger partial charge in [0.25, 0.3) is 5.91 Å². The number of nitrogens with one attached hydrogen (secondary N) is 1. The van der Waals surface area contributed by atoms with Gasteiger partial charge in [-0.1, -0.05) is 0 Å². The van der Waals surface area contributed by atoms with Crippen LogP contribution in [0.25, 0.3) is 11.0 Å². The van der Waals surface area contributed by atoms with Gasteiger partial charge in [-0.3, -0.25) is 14.8 Å². The van der Waals surface area contributed by atoms with Crippen LogP contribution in [0.2, 0.25) is 0 Å². The third-order valence-electron chi connectivity index (χ3n) is 3.48. The number of carbonyl (C=O) groups excluding carboxylic acids is 1. The molecule has 1 amide bonds. The van der Waals surface area contributed by atoms with Gasteiger partial charge in [-0.05, 0) is 25.1 Å². The monoisotopic (exact) mass is 292 g/mol. The van der Waals surface area contributed by atoms with Gasteiger partial charge in [-0.2, -0.15) is 0 Å². The minimum absolute atomic E-state index is 0. The molecule has 1 aliphatic rings. The third-order valence-corrected chi connectivity index (χ3v) is 3.48. The summed E-state index contributed by atoms with van der Waals surface area (Å²) >= 11 is 0. The highest BCUT2D eigenvalue weighted by atomic mass is 35.5. The van der Waals surface area contributed by atoms with E-state index in [2.05, 4.69) is 22.2 Å². The molecule has 1 fully saturated rings. The van der Waals surface area contributed by atoms with Gasteiger partial charge in [0.2, 0.25) is 0 Å². The maximum Gasteiger partial charge on any atom is 0.254 e. The van der Waals surface area contributed by atoms with Crippen LogP contribution < -0.4 is 5.32 Å². The lowest BCUT2D eigenvalue weighted by Crippen LogP contribution is -2.52. The number of hydrogen-bond acceptors (Lipinski definition) is 4. The number of carbonyl (C=O) groups is 1. The van der Waals surface area contributed by atoms with Gasteiger partial charge in [0.15, 0.2) is 0 Å². The van der Waals surface area contributed by atoms with E-state index in [1.54, 1.807) is 12.4 Å². The molecule has 0 bridgehead atoms. The number of halogens is 1. The molecule has 1 aliphatic heterocycles. The van der Waals surface area contributed by atoms with Gasteiger partial charge in [-0.15, -0.1) is 12.4 Å². The van der Waals surface area contributed by atoms with Crippen LogP contribution in [-0.2, 0) is 0 Å². The van der Waals surface area contributed by atoms with E-state index in [9.17, 15) is 4.79 Å². The summed E-state index contributed by atoms with van der Waals surface area (Å²) in [6.45, 7) is 4.51. The first-order valence-corrected chi connectivity index (χ1v) is 6.48. The number of aromatic nitrogens is 2. The summed E-state index contributed by atoms with van der Waals surface area (Å²) in [6.07, 6.45) is 3.30. The van der Waals surface area contributed by atoms with E-state index in [0.717, 1.165) is 30.7 Å². The van der Waals surface area contributed by atoms with E-state index >= 15 is 0 Å². The largest absolute Gasteiger partial charge is 0.333 e. The summed E-state index contributed by atoms with van der Waals surface area (Å²) in [4.78, 5) is 22.9. The van der Waals surface area contributed by atoms with Crippen molar-refractivity contribution in [2.24, 2.45) is 0 Å². The normalized spacial score (nSPS) is 18.6. The molecule has 0 aliphatic carbocycles. The molecule has 1 aromatic carbocycles. The zero-order valence-corrected chi connectivity index (χ0v) is 12.1. The molecule has 1 N–H and O–H groups in total. The van der Waals surface area contributed by atoms with E-state index in [-0.39, 0.29) is 24.4 Å². The summed E-state index contributed by atoms with van der Waals surface area (Å²) < 4.78 is 0. The Balaban J connectivity index is 0.00000147. The topological polar surface area (TPSA) is 58.1 Å². The van der Waals surface area contributed by atoms with Crippen LogP contribution in [0.15, 0.2) is 30.6 Å². The molecule has 2 heterocycles. The number of fused-ring (bicyclic) bond motifs is 1. The molecular weight excluding hydrogens is 276 g/mol. The number of piperazine rings is 1. The maximum atomic E-state index is 12.5. The Morgan fingerprint density at radius 2 is 2.05 bits per heavy atom. The van der Waals surface area contributed by atoms with E-state index in [1.165, 1.54) is 0 Å². The number of hydrogen-bond donors (Lipinski definition) is 1. The Morgan fingerprint density at radius 3 is 2.80 bits per heavy atom.